The third-order valence-electron chi connectivity index (χ3n) is 4.65. The van der Waals surface area contributed by atoms with E-state index < -0.39 is 0 Å². The quantitative estimate of drug-likeness (QED) is 0.928. The van der Waals surface area contributed by atoms with Crippen LogP contribution in [0.3, 0.4) is 0 Å². The number of hydrogen-bond donors (Lipinski definition) is 1. The zero-order chi connectivity index (χ0) is 14.7. The van der Waals surface area contributed by atoms with Crippen molar-refractivity contribution in [2.45, 2.75) is 32.7 Å². The Kier molecular flexibility index (Phi) is 4.54. The maximum Gasteiger partial charge on any atom is 0.163 e. The van der Waals surface area contributed by atoms with Crippen molar-refractivity contribution >= 4 is 5.69 Å². The van der Waals surface area contributed by atoms with Crippen LogP contribution in [-0.4, -0.2) is 38.9 Å². The second-order valence-electron chi connectivity index (χ2n) is 6.07. The fourth-order valence-electron chi connectivity index (χ4n) is 3.08. The minimum atomic E-state index is 0.561. The third-order valence-corrected chi connectivity index (χ3v) is 4.65. The first-order chi connectivity index (χ1) is 10.3. The van der Waals surface area contributed by atoms with Crippen molar-refractivity contribution in [2.75, 3.05) is 37.7 Å². The number of nitrogens with one attached hydrogen (secondary N) is 1. The summed E-state index contributed by atoms with van der Waals surface area (Å²) in [5, 5.41) is 3.70. The molecule has 1 aromatic rings. The standard InChI is InChI=1S/C17H26N2O2/c1-3-13(2)15-12-19(8-4-7-18-15)14-5-6-16-17(11-14)21-10-9-20-16/h5-6,11,13,15,18H,3-4,7-10,12H2,1-2H3. The van der Waals surface area contributed by atoms with E-state index in [1.54, 1.807) is 0 Å². The molecule has 1 fully saturated rings. The number of ether oxygens (including phenoxy) is 2. The highest BCUT2D eigenvalue weighted by Crippen LogP contribution is 2.34. The zero-order valence-corrected chi connectivity index (χ0v) is 13.1. The minimum Gasteiger partial charge on any atom is -0.486 e. The summed E-state index contributed by atoms with van der Waals surface area (Å²) in [5.41, 5.74) is 1.25. The summed E-state index contributed by atoms with van der Waals surface area (Å²) < 4.78 is 11.3. The first-order valence-electron chi connectivity index (χ1n) is 8.16. The van der Waals surface area contributed by atoms with Crippen molar-refractivity contribution in [1.82, 2.24) is 5.32 Å². The van der Waals surface area contributed by atoms with E-state index in [2.05, 4.69) is 36.2 Å². The van der Waals surface area contributed by atoms with Crippen LogP contribution in [-0.2, 0) is 0 Å². The van der Waals surface area contributed by atoms with E-state index in [4.69, 9.17) is 9.47 Å². The van der Waals surface area contributed by atoms with Crippen molar-refractivity contribution in [3.05, 3.63) is 18.2 Å². The van der Waals surface area contributed by atoms with Gasteiger partial charge in [-0.15, -0.1) is 0 Å². The maximum absolute atomic E-state index is 5.71. The van der Waals surface area contributed by atoms with Gasteiger partial charge >= 0.3 is 0 Å². The van der Waals surface area contributed by atoms with Crippen molar-refractivity contribution < 1.29 is 9.47 Å². The van der Waals surface area contributed by atoms with Gasteiger partial charge < -0.3 is 19.7 Å². The molecular weight excluding hydrogens is 264 g/mol. The number of rotatable bonds is 3. The Morgan fingerprint density at radius 3 is 2.90 bits per heavy atom. The van der Waals surface area contributed by atoms with Crippen LogP contribution in [0.25, 0.3) is 0 Å². The van der Waals surface area contributed by atoms with Crippen molar-refractivity contribution in [2.24, 2.45) is 5.92 Å². The molecule has 2 heterocycles. The molecule has 21 heavy (non-hydrogen) atoms. The summed E-state index contributed by atoms with van der Waals surface area (Å²) in [6.07, 6.45) is 2.40. The first-order valence-corrected chi connectivity index (χ1v) is 8.16. The van der Waals surface area contributed by atoms with Gasteiger partial charge in [0.2, 0.25) is 0 Å². The summed E-state index contributed by atoms with van der Waals surface area (Å²) in [4.78, 5) is 2.48. The van der Waals surface area contributed by atoms with Crippen molar-refractivity contribution in [3.63, 3.8) is 0 Å². The zero-order valence-electron chi connectivity index (χ0n) is 13.1. The molecule has 4 heteroatoms. The monoisotopic (exact) mass is 290 g/mol. The Labute approximate surface area is 127 Å². The number of fused-ring (bicyclic) bond motifs is 1. The maximum atomic E-state index is 5.71. The molecule has 0 spiro atoms. The summed E-state index contributed by atoms with van der Waals surface area (Å²) >= 11 is 0. The van der Waals surface area contributed by atoms with Gasteiger partial charge in [0.05, 0.1) is 0 Å². The SMILES string of the molecule is CCC(C)C1CN(c2ccc3c(c2)OCCO3)CCCN1. The van der Waals surface area contributed by atoms with E-state index in [1.165, 1.54) is 18.5 Å². The minimum absolute atomic E-state index is 0.561. The van der Waals surface area contributed by atoms with Crippen LogP contribution in [0.4, 0.5) is 5.69 Å². The van der Waals surface area contributed by atoms with Crippen molar-refractivity contribution in [1.29, 1.82) is 0 Å². The molecular formula is C17H26N2O2. The molecule has 4 nitrogen and oxygen atoms in total. The smallest absolute Gasteiger partial charge is 0.163 e. The highest BCUT2D eigenvalue weighted by Gasteiger charge is 2.23. The molecule has 0 aromatic heterocycles. The van der Waals surface area contributed by atoms with E-state index >= 15 is 0 Å². The fraction of sp³-hybridized carbons (Fsp3) is 0.647. The Morgan fingerprint density at radius 1 is 1.29 bits per heavy atom. The largest absolute Gasteiger partial charge is 0.486 e. The Hall–Kier alpha value is -1.42. The average molecular weight is 290 g/mol. The molecule has 2 atom stereocenters. The molecule has 2 unspecified atom stereocenters. The number of nitrogens with zero attached hydrogens (tertiary/aromatic N) is 1. The topological polar surface area (TPSA) is 33.7 Å². The van der Waals surface area contributed by atoms with Gasteiger partial charge in [-0.3, -0.25) is 0 Å². The van der Waals surface area contributed by atoms with Gasteiger partial charge in [-0.1, -0.05) is 20.3 Å². The molecule has 1 aromatic carbocycles. The highest BCUT2D eigenvalue weighted by molar-refractivity contribution is 5.57. The number of anilines is 1. The predicted octanol–water partition coefficient (Wildman–Crippen LogP) is 2.67. The third kappa shape index (κ3) is 3.26. The van der Waals surface area contributed by atoms with E-state index in [0.29, 0.717) is 25.2 Å². The summed E-state index contributed by atoms with van der Waals surface area (Å²) in [6, 6.07) is 6.89. The van der Waals surface area contributed by atoms with Gasteiger partial charge in [0, 0.05) is 30.9 Å². The van der Waals surface area contributed by atoms with E-state index in [-0.39, 0.29) is 0 Å². The molecule has 2 aliphatic rings. The molecule has 0 saturated carbocycles. The lowest BCUT2D eigenvalue weighted by atomic mass is 9.99. The van der Waals surface area contributed by atoms with E-state index in [9.17, 15) is 0 Å². The summed E-state index contributed by atoms with van der Waals surface area (Å²) in [5.74, 6) is 2.45. The summed E-state index contributed by atoms with van der Waals surface area (Å²) in [7, 11) is 0. The molecule has 0 bridgehead atoms. The molecule has 1 saturated heterocycles. The molecule has 0 radical (unpaired) electrons. The van der Waals surface area contributed by atoms with Crippen LogP contribution in [0, 0.1) is 5.92 Å². The van der Waals surface area contributed by atoms with Crippen LogP contribution in [0.5, 0.6) is 11.5 Å². The lowest BCUT2D eigenvalue weighted by Gasteiger charge is -2.30. The van der Waals surface area contributed by atoms with Crippen LogP contribution in [0.15, 0.2) is 18.2 Å². The average Bonchev–Trinajstić information content (AvgIpc) is 2.80. The van der Waals surface area contributed by atoms with Crippen molar-refractivity contribution in [3.8, 4) is 11.5 Å². The van der Waals surface area contributed by atoms with Crippen LogP contribution in [0.2, 0.25) is 0 Å². The van der Waals surface area contributed by atoms with E-state index in [1.807, 2.05) is 6.07 Å². The van der Waals surface area contributed by atoms with Crippen LogP contribution >= 0.6 is 0 Å². The Balaban J connectivity index is 1.78. The molecule has 2 aliphatic heterocycles. The Bertz CT molecular complexity index is 478. The molecule has 3 rings (SSSR count). The van der Waals surface area contributed by atoms with Gasteiger partial charge in [0.1, 0.15) is 13.2 Å². The first kappa shape index (κ1) is 14.5. The summed E-state index contributed by atoms with van der Waals surface area (Å²) in [6.45, 7) is 9.17. The lowest BCUT2D eigenvalue weighted by Crippen LogP contribution is -2.42. The predicted molar refractivity (Wildman–Crippen MR) is 85.5 cm³/mol. The molecule has 0 aliphatic carbocycles. The van der Waals surface area contributed by atoms with Gasteiger partial charge in [-0.05, 0) is 31.0 Å². The van der Waals surface area contributed by atoms with Crippen LogP contribution in [0.1, 0.15) is 26.7 Å². The second kappa shape index (κ2) is 6.56. The Morgan fingerprint density at radius 2 is 2.10 bits per heavy atom. The number of hydrogen-bond acceptors (Lipinski definition) is 4. The lowest BCUT2D eigenvalue weighted by molar-refractivity contribution is 0.171. The van der Waals surface area contributed by atoms with Gasteiger partial charge in [-0.25, -0.2) is 0 Å². The van der Waals surface area contributed by atoms with E-state index in [0.717, 1.165) is 31.1 Å². The highest BCUT2D eigenvalue weighted by atomic mass is 16.6. The second-order valence-corrected chi connectivity index (χ2v) is 6.07. The number of benzene rings is 1. The van der Waals surface area contributed by atoms with Gasteiger partial charge in [-0.2, -0.15) is 0 Å². The molecule has 116 valence electrons. The fourth-order valence-corrected chi connectivity index (χ4v) is 3.08. The van der Waals surface area contributed by atoms with Gasteiger partial charge in [0.25, 0.3) is 0 Å². The van der Waals surface area contributed by atoms with Gasteiger partial charge in [0.15, 0.2) is 11.5 Å². The molecule has 1 N–H and O–H groups in total. The normalized spacial score (nSPS) is 23.5. The van der Waals surface area contributed by atoms with Crippen LogP contribution < -0.4 is 19.7 Å². The molecule has 0 amide bonds.